The summed E-state index contributed by atoms with van der Waals surface area (Å²) in [5.74, 6) is -1.06. The molecule has 6 heteroatoms. The van der Waals surface area contributed by atoms with Crippen molar-refractivity contribution in [2.24, 2.45) is 5.41 Å². The summed E-state index contributed by atoms with van der Waals surface area (Å²) in [6.07, 6.45) is 2.75. The molecule has 0 spiro atoms. The second-order valence-electron chi connectivity index (χ2n) is 5.72. The van der Waals surface area contributed by atoms with Crippen LogP contribution in [0.5, 0.6) is 0 Å². The molecule has 2 unspecified atom stereocenters. The highest BCUT2D eigenvalue weighted by Crippen LogP contribution is 2.39. The molecule has 3 N–H and O–H groups in total. The molecule has 2 atom stereocenters. The number of carboxylic acids is 1. The molecule has 18 heavy (non-hydrogen) atoms. The summed E-state index contributed by atoms with van der Waals surface area (Å²) in [5, 5.41) is 21.3. The number of nitrogens with zero attached hydrogens (tertiary/aromatic N) is 1. The second-order valence-corrected chi connectivity index (χ2v) is 5.72. The summed E-state index contributed by atoms with van der Waals surface area (Å²) in [6, 6.07) is -1.29. The van der Waals surface area contributed by atoms with E-state index in [2.05, 4.69) is 12.2 Å². The number of carbonyl (C=O) groups excluding carboxylic acids is 1. The number of β-amino-alcohol motifs (C(OH)–C–C–N with tert-alkyl or cyclic N) is 1. The maximum atomic E-state index is 11.9. The first-order valence-electron chi connectivity index (χ1n) is 6.37. The summed E-state index contributed by atoms with van der Waals surface area (Å²) < 4.78 is 0. The number of carbonyl (C=O) groups is 2. The van der Waals surface area contributed by atoms with Crippen LogP contribution in [0.1, 0.15) is 32.6 Å². The Morgan fingerprint density at radius 2 is 2.11 bits per heavy atom. The summed E-state index contributed by atoms with van der Waals surface area (Å²) in [4.78, 5) is 24.1. The molecule has 0 radical (unpaired) electrons. The van der Waals surface area contributed by atoms with Crippen LogP contribution < -0.4 is 5.32 Å². The van der Waals surface area contributed by atoms with Crippen LogP contribution in [0.2, 0.25) is 0 Å². The van der Waals surface area contributed by atoms with Crippen LogP contribution in [0.3, 0.4) is 0 Å². The van der Waals surface area contributed by atoms with Gasteiger partial charge < -0.3 is 20.4 Å². The summed E-state index contributed by atoms with van der Waals surface area (Å²) >= 11 is 0. The van der Waals surface area contributed by atoms with Crippen LogP contribution in [-0.2, 0) is 4.79 Å². The van der Waals surface area contributed by atoms with Crippen LogP contribution in [0.25, 0.3) is 0 Å². The minimum absolute atomic E-state index is 0.0967. The maximum absolute atomic E-state index is 11.9. The van der Waals surface area contributed by atoms with E-state index in [4.69, 9.17) is 5.11 Å². The van der Waals surface area contributed by atoms with Crippen LogP contribution in [0.4, 0.5) is 4.79 Å². The SMILES string of the molecule is CC1(CNC(=O)N2CC(O)CC2C(=O)O)CCC1. The number of carboxylic acid groups (broad SMARTS) is 1. The first kappa shape index (κ1) is 13.1. The van der Waals surface area contributed by atoms with Gasteiger partial charge in [0.1, 0.15) is 6.04 Å². The highest BCUT2D eigenvalue weighted by Gasteiger charge is 2.40. The number of amides is 2. The number of urea groups is 1. The molecule has 1 heterocycles. The van der Waals surface area contributed by atoms with E-state index in [1.165, 1.54) is 11.3 Å². The summed E-state index contributed by atoms with van der Waals surface area (Å²) in [6.45, 7) is 2.79. The highest BCUT2D eigenvalue weighted by atomic mass is 16.4. The number of aliphatic carboxylic acids is 1. The van der Waals surface area contributed by atoms with Crippen molar-refractivity contribution in [1.29, 1.82) is 0 Å². The zero-order valence-corrected chi connectivity index (χ0v) is 10.6. The third-order valence-corrected chi connectivity index (χ3v) is 4.05. The molecule has 1 saturated carbocycles. The number of rotatable bonds is 3. The molecule has 1 saturated heterocycles. The number of nitrogens with one attached hydrogen (secondary N) is 1. The van der Waals surface area contributed by atoms with Gasteiger partial charge in [0.2, 0.25) is 0 Å². The van der Waals surface area contributed by atoms with E-state index >= 15 is 0 Å². The number of hydrogen-bond donors (Lipinski definition) is 3. The predicted molar refractivity (Wildman–Crippen MR) is 64.1 cm³/mol. The fourth-order valence-corrected chi connectivity index (χ4v) is 2.62. The van der Waals surface area contributed by atoms with E-state index in [9.17, 15) is 14.7 Å². The molecule has 1 aliphatic carbocycles. The van der Waals surface area contributed by atoms with Gasteiger partial charge in [-0.05, 0) is 18.3 Å². The number of aliphatic hydroxyl groups is 1. The first-order chi connectivity index (χ1) is 8.41. The Kier molecular flexibility index (Phi) is 3.47. The monoisotopic (exact) mass is 256 g/mol. The molecule has 0 aromatic heterocycles. The fourth-order valence-electron chi connectivity index (χ4n) is 2.62. The van der Waals surface area contributed by atoms with Crippen molar-refractivity contribution < 1.29 is 19.8 Å². The second kappa shape index (κ2) is 4.76. The van der Waals surface area contributed by atoms with Crippen LogP contribution in [0, 0.1) is 5.41 Å². The molecule has 102 valence electrons. The van der Waals surface area contributed by atoms with Gasteiger partial charge in [-0.2, -0.15) is 0 Å². The van der Waals surface area contributed by atoms with Crippen molar-refractivity contribution in [3.63, 3.8) is 0 Å². The molecule has 2 fully saturated rings. The number of hydrogen-bond acceptors (Lipinski definition) is 3. The van der Waals surface area contributed by atoms with Gasteiger partial charge in [0.15, 0.2) is 0 Å². The van der Waals surface area contributed by atoms with E-state index in [0.29, 0.717) is 6.54 Å². The van der Waals surface area contributed by atoms with Crippen molar-refractivity contribution >= 4 is 12.0 Å². The fraction of sp³-hybridized carbons (Fsp3) is 0.833. The topological polar surface area (TPSA) is 89.9 Å². The zero-order valence-electron chi connectivity index (χ0n) is 10.6. The van der Waals surface area contributed by atoms with Crippen molar-refractivity contribution in [3.05, 3.63) is 0 Å². The molecule has 2 rings (SSSR count). The molecule has 0 aromatic rings. The minimum atomic E-state index is -1.06. The van der Waals surface area contributed by atoms with Gasteiger partial charge in [0, 0.05) is 19.5 Å². The molecule has 0 aromatic carbocycles. The third-order valence-electron chi connectivity index (χ3n) is 4.05. The number of likely N-dealkylation sites (tertiary alicyclic amines) is 1. The average Bonchev–Trinajstić information content (AvgIpc) is 2.66. The lowest BCUT2D eigenvalue weighted by atomic mass is 9.70. The molecule has 6 nitrogen and oxygen atoms in total. The van der Waals surface area contributed by atoms with Gasteiger partial charge in [-0.3, -0.25) is 0 Å². The van der Waals surface area contributed by atoms with Crippen LogP contribution in [0.15, 0.2) is 0 Å². The molecular formula is C12H20N2O4. The zero-order chi connectivity index (χ0) is 13.3. The Balaban J connectivity index is 1.89. The average molecular weight is 256 g/mol. The maximum Gasteiger partial charge on any atom is 0.326 e. The Bertz CT molecular complexity index is 354. The Labute approximate surface area is 106 Å². The normalized spacial score (nSPS) is 29.8. The van der Waals surface area contributed by atoms with E-state index < -0.39 is 18.1 Å². The van der Waals surface area contributed by atoms with Crippen molar-refractivity contribution in [1.82, 2.24) is 10.2 Å². The van der Waals surface area contributed by atoms with Crippen molar-refractivity contribution in [2.45, 2.75) is 44.8 Å². The molecule has 0 bridgehead atoms. The Hall–Kier alpha value is -1.30. The minimum Gasteiger partial charge on any atom is -0.480 e. The quantitative estimate of drug-likeness (QED) is 0.682. The molecule has 1 aliphatic heterocycles. The molecule has 2 aliphatic rings. The predicted octanol–water partition coefficient (Wildman–Crippen LogP) is 0.406. The van der Waals surface area contributed by atoms with Crippen molar-refractivity contribution in [3.8, 4) is 0 Å². The van der Waals surface area contributed by atoms with Gasteiger partial charge >= 0.3 is 12.0 Å². The largest absolute Gasteiger partial charge is 0.480 e. The standard InChI is InChI=1S/C12H20N2O4/c1-12(3-2-4-12)7-13-11(18)14-6-8(15)5-9(14)10(16)17/h8-9,15H,2-7H2,1H3,(H,13,18)(H,16,17). The lowest BCUT2D eigenvalue weighted by Crippen LogP contribution is -2.49. The van der Waals surface area contributed by atoms with Gasteiger partial charge in [0.25, 0.3) is 0 Å². The summed E-state index contributed by atoms with van der Waals surface area (Å²) in [5.41, 5.74) is 0.159. The van der Waals surface area contributed by atoms with Crippen LogP contribution in [-0.4, -0.2) is 52.3 Å². The Morgan fingerprint density at radius 1 is 1.44 bits per heavy atom. The van der Waals surface area contributed by atoms with E-state index in [1.54, 1.807) is 0 Å². The highest BCUT2D eigenvalue weighted by molar-refractivity contribution is 5.83. The Morgan fingerprint density at radius 3 is 2.61 bits per heavy atom. The third kappa shape index (κ3) is 2.58. The van der Waals surface area contributed by atoms with E-state index in [1.807, 2.05) is 0 Å². The van der Waals surface area contributed by atoms with E-state index in [-0.39, 0.29) is 24.4 Å². The lowest BCUT2D eigenvalue weighted by molar-refractivity contribution is -0.141. The lowest BCUT2D eigenvalue weighted by Gasteiger charge is -2.38. The first-order valence-corrected chi connectivity index (χ1v) is 6.37. The molecule has 2 amide bonds. The van der Waals surface area contributed by atoms with Gasteiger partial charge in [-0.25, -0.2) is 9.59 Å². The number of aliphatic hydroxyl groups excluding tert-OH is 1. The molecular weight excluding hydrogens is 236 g/mol. The van der Waals surface area contributed by atoms with E-state index in [0.717, 1.165) is 12.8 Å². The smallest absolute Gasteiger partial charge is 0.326 e. The van der Waals surface area contributed by atoms with Gasteiger partial charge in [0.05, 0.1) is 6.10 Å². The van der Waals surface area contributed by atoms with Crippen molar-refractivity contribution in [2.75, 3.05) is 13.1 Å². The van der Waals surface area contributed by atoms with Gasteiger partial charge in [-0.1, -0.05) is 13.3 Å². The van der Waals surface area contributed by atoms with Gasteiger partial charge in [-0.15, -0.1) is 0 Å². The summed E-state index contributed by atoms with van der Waals surface area (Å²) in [7, 11) is 0. The van der Waals surface area contributed by atoms with Crippen LogP contribution >= 0.6 is 0 Å².